The number of halogens is 11. The van der Waals surface area contributed by atoms with Crippen molar-refractivity contribution in [2.24, 2.45) is 5.92 Å². The molecule has 6 rings (SSSR count). The predicted molar refractivity (Wildman–Crippen MR) is 272 cm³/mol. The molecule has 3 heterocycles. The number of benzene rings is 2. The lowest BCUT2D eigenvalue weighted by Crippen LogP contribution is -2.40. The Morgan fingerprint density at radius 3 is 2.13 bits per heavy atom. The fraction of sp³-hybridized carbons (Fsp3) is 0.426. The summed E-state index contributed by atoms with van der Waals surface area (Å²) in [5.74, 6) is -7.26. The van der Waals surface area contributed by atoms with E-state index in [2.05, 4.69) is 41.6 Å². The molecule has 458 valence electrons. The fourth-order valence-electron chi connectivity index (χ4n) is 8.33. The van der Waals surface area contributed by atoms with Crippen molar-refractivity contribution in [3.05, 3.63) is 93.0 Å². The highest BCUT2D eigenvalue weighted by atomic mass is 35.5. The van der Waals surface area contributed by atoms with Gasteiger partial charge in [0.2, 0.25) is 22.7 Å². The lowest BCUT2D eigenvalue weighted by molar-refractivity contribution is -0.143. The van der Waals surface area contributed by atoms with Crippen LogP contribution in [0.15, 0.2) is 42.5 Å². The SMILES string of the molecule is C[C@@H]1Cc2c(C(F)(F)F)nn(CC(=O)N[C@@H](Cc3cc(F)cc(F)c3)c3nc(C#CC(C)(C)S(C)(=O)=O)ccc3-c3ccc(Cl)c4c(N(C(=O)OCCN(CCC(=O)O)C(=O)OCOP(=O)(O)O)S(C)(=O)=O)nn(CC(F)(F)F)c34)c2C1(F)F. The number of carbonyl (C=O) groups excluding carboxylic acids is 3. The molecule has 3 amide bonds. The Bertz CT molecular complexity index is 3750. The lowest BCUT2D eigenvalue weighted by Gasteiger charge is -2.23. The van der Waals surface area contributed by atoms with E-state index in [1.807, 2.05) is 0 Å². The average molecular weight is 1280 g/mol. The predicted octanol–water partition coefficient (Wildman–Crippen LogP) is 7.25. The first-order chi connectivity index (χ1) is 38.5. The van der Waals surface area contributed by atoms with Crippen molar-refractivity contribution < 1.29 is 113 Å². The highest BCUT2D eigenvalue weighted by Gasteiger charge is 2.54. The average Bonchev–Trinajstić information content (AvgIpc) is 1.83. The van der Waals surface area contributed by atoms with E-state index >= 15 is 8.78 Å². The number of anilines is 1. The summed E-state index contributed by atoms with van der Waals surface area (Å²) in [6.07, 6.45) is -15.3. The number of aromatic nitrogens is 5. The van der Waals surface area contributed by atoms with Crippen molar-refractivity contribution >= 4 is 80.1 Å². The number of phosphoric acid groups is 1. The van der Waals surface area contributed by atoms with Gasteiger partial charge in [0, 0.05) is 41.5 Å². The number of rotatable bonds is 20. The van der Waals surface area contributed by atoms with Gasteiger partial charge in [-0.1, -0.05) is 30.5 Å². The third kappa shape index (κ3) is 15.8. The van der Waals surface area contributed by atoms with Crippen LogP contribution in [0, 0.1) is 29.4 Å². The minimum Gasteiger partial charge on any atom is -0.481 e. The van der Waals surface area contributed by atoms with Gasteiger partial charge in [0.15, 0.2) is 21.3 Å². The zero-order valence-electron chi connectivity index (χ0n) is 43.9. The molecule has 1 aliphatic carbocycles. The topological polar surface area (TPSA) is 309 Å². The van der Waals surface area contributed by atoms with Crippen molar-refractivity contribution in [3.63, 3.8) is 0 Å². The minimum atomic E-state index is -5.30. The normalized spacial score (nSPS) is 15.0. The Morgan fingerprint density at radius 1 is 0.929 bits per heavy atom. The monoisotopic (exact) mass is 1280 g/mol. The van der Waals surface area contributed by atoms with Gasteiger partial charge in [0.25, 0.3) is 5.92 Å². The highest BCUT2D eigenvalue weighted by Crippen LogP contribution is 2.50. The van der Waals surface area contributed by atoms with Crippen LogP contribution >= 0.6 is 19.4 Å². The van der Waals surface area contributed by atoms with Crippen LogP contribution in [0.3, 0.4) is 0 Å². The first-order valence-corrected chi connectivity index (χ1v) is 29.4. The summed E-state index contributed by atoms with van der Waals surface area (Å²) >= 11 is 6.63. The molecule has 37 heteroatoms. The van der Waals surface area contributed by atoms with Crippen LogP contribution in [-0.4, -0.2) is 135 Å². The largest absolute Gasteiger partial charge is 0.481 e. The number of sulfonamides is 1. The molecule has 0 saturated heterocycles. The van der Waals surface area contributed by atoms with Crippen molar-refractivity contribution in [1.29, 1.82) is 0 Å². The van der Waals surface area contributed by atoms with Gasteiger partial charge in [-0.3, -0.25) is 19.0 Å². The second-order valence-corrected chi connectivity index (χ2v) is 25.2. The number of ether oxygens (including phenoxy) is 2. The summed E-state index contributed by atoms with van der Waals surface area (Å²) in [5.41, 5.74) is -6.96. The number of nitrogens with one attached hydrogen (secondary N) is 1. The summed E-state index contributed by atoms with van der Waals surface area (Å²) in [6, 6.07) is 4.05. The maximum absolute atomic E-state index is 15.6. The second kappa shape index (κ2) is 24.5. The van der Waals surface area contributed by atoms with E-state index in [9.17, 15) is 80.8 Å². The van der Waals surface area contributed by atoms with E-state index < -0.39 is 218 Å². The van der Waals surface area contributed by atoms with Crippen LogP contribution in [-0.2, 0) is 86.0 Å². The number of carboxylic acids is 1. The summed E-state index contributed by atoms with van der Waals surface area (Å²) in [5, 5.41) is 17.2. The molecule has 23 nitrogen and oxygen atoms in total. The van der Waals surface area contributed by atoms with Gasteiger partial charge in [0.05, 0.1) is 46.9 Å². The zero-order chi connectivity index (χ0) is 63.0. The van der Waals surface area contributed by atoms with Crippen LogP contribution in [0.1, 0.15) is 67.1 Å². The highest BCUT2D eigenvalue weighted by molar-refractivity contribution is 7.93. The van der Waals surface area contributed by atoms with Gasteiger partial charge in [-0.05, 0) is 68.5 Å². The van der Waals surface area contributed by atoms with E-state index in [0.717, 1.165) is 49.6 Å². The molecule has 0 fully saturated rings. The molecule has 0 radical (unpaired) electrons. The molecule has 0 saturated carbocycles. The molecule has 0 spiro atoms. The molecule has 84 heavy (non-hydrogen) atoms. The number of fused-ring (bicyclic) bond motifs is 2. The molecular formula is C47H46ClF10N8O15PS2. The minimum absolute atomic E-state index is 0.107. The van der Waals surface area contributed by atoms with E-state index in [1.165, 1.54) is 13.8 Å². The molecule has 0 bridgehead atoms. The van der Waals surface area contributed by atoms with Crippen LogP contribution < -0.4 is 9.62 Å². The number of aliphatic carboxylic acids is 1. The number of carboxylic acid groups (broad SMARTS) is 1. The molecule has 3 aromatic heterocycles. The molecule has 4 N–H and O–H groups in total. The van der Waals surface area contributed by atoms with Crippen molar-refractivity contribution in [3.8, 4) is 23.0 Å². The quantitative estimate of drug-likeness (QED) is 0.0258. The van der Waals surface area contributed by atoms with E-state index in [-0.39, 0.29) is 19.2 Å². The first kappa shape index (κ1) is 66.1. The lowest BCUT2D eigenvalue weighted by atomic mass is 9.93. The number of phosphoric ester groups is 1. The Morgan fingerprint density at radius 2 is 1.56 bits per heavy atom. The van der Waals surface area contributed by atoms with Gasteiger partial charge >= 0.3 is 38.3 Å². The van der Waals surface area contributed by atoms with Gasteiger partial charge < -0.3 is 34.6 Å². The zero-order valence-corrected chi connectivity index (χ0v) is 47.1. The number of sulfone groups is 1. The van der Waals surface area contributed by atoms with Crippen LogP contribution in [0.5, 0.6) is 0 Å². The van der Waals surface area contributed by atoms with Crippen LogP contribution in [0.2, 0.25) is 5.02 Å². The molecule has 2 atom stereocenters. The maximum Gasteiger partial charge on any atom is 0.472 e. The summed E-state index contributed by atoms with van der Waals surface area (Å²) in [6.45, 7) is -4.24. The van der Waals surface area contributed by atoms with Crippen molar-refractivity contribution in [2.45, 2.75) is 82.2 Å². The van der Waals surface area contributed by atoms with Gasteiger partial charge in [-0.2, -0.15) is 49.6 Å². The molecule has 0 unspecified atom stereocenters. The van der Waals surface area contributed by atoms with Crippen LogP contribution in [0.25, 0.3) is 22.0 Å². The Balaban J connectivity index is 1.56. The molecule has 2 aromatic carbocycles. The summed E-state index contributed by atoms with van der Waals surface area (Å²) in [4.78, 5) is 74.9. The third-order valence-electron chi connectivity index (χ3n) is 12.4. The van der Waals surface area contributed by atoms with E-state index in [1.54, 1.807) is 0 Å². The van der Waals surface area contributed by atoms with Crippen molar-refractivity contribution in [1.82, 2.24) is 34.8 Å². The van der Waals surface area contributed by atoms with Crippen LogP contribution in [0.4, 0.5) is 59.3 Å². The Kier molecular flexibility index (Phi) is 19.3. The molecule has 0 aliphatic heterocycles. The Labute approximate surface area is 474 Å². The number of pyridine rings is 1. The van der Waals surface area contributed by atoms with Crippen molar-refractivity contribution in [2.75, 3.05) is 43.3 Å². The number of carbonyl (C=O) groups is 4. The van der Waals surface area contributed by atoms with Gasteiger partial charge in [-0.15, -0.1) is 0 Å². The number of hydrogen-bond donors (Lipinski definition) is 4. The maximum atomic E-state index is 15.6. The summed E-state index contributed by atoms with van der Waals surface area (Å²) < 4.78 is 223. The summed E-state index contributed by atoms with van der Waals surface area (Å²) in [7, 11) is -14.3. The first-order valence-electron chi connectivity index (χ1n) is 23.8. The smallest absolute Gasteiger partial charge is 0.472 e. The number of hydrogen-bond acceptors (Lipinski definition) is 15. The van der Waals surface area contributed by atoms with Gasteiger partial charge in [0.1, 0.15) is 47.5 Å². The fourth-order valence-corrected chi connectivity index (χ4v) is 9.75. The molecule has 1 aliphatic rings. The molecular weight excluding hydrogens is 1240 g/mol. The van der Waals surface area contributed by atoms with E-state index in [4.69, 9.17) is 26.1 Å². The Hall–Kier alpha value is -7.09. The third-order valence-corrected chi connectivity index (χ3v) is 16.1. The number of alkyl halides is 8. The standard InChI is InChI=1S/C47H46ClF10N8O15PS2/c1-24-16-31-39(47(56,57)58)61-64(40(31)46(24,54)55)21-34(67)60-33(19-25-17-26(49)20-27(50)18-25)37-29(7-6-28(59-37)10-12-44(2,3)83(4,75)76)30-8-9-32(48)36-38(30)65(22-45(51,52)53)62-41(36)66(84(5,77)78)43(71)79-15-14-63(13-11-35(68)69)42(70)80-23-81-82(72,73)74/h6-9,17-18,20,24,33H,11,13-16,19,21-23H2,1-5H3,(H,60,67)(H,68,69)(H2,72,73,74)/t24-,33+/m1/s1. The number of amides is 3. The van der Waals surface area contributed by atoms with E-state index in [0.29, 0.717) is 17.2 Å². The van der Waals surface area contributed by atoms with Gasteiger partial charge in [-0.25, -0.2) is 49.3 Å². The molecule has 5 aromatic rings. The second-order valence-electron chi connectivity index (χ2n) is 19.2. The number of nitrogens with zero attached hydrogens (tertiary/aromatic N) is 7.